The van der Waals surface area contributed by atoms with E-state index in [4.69, 9.17) is 5.10 Å². The molecule has 1 fully saturated rings. The normalized spacial score (nSPS) is 15.0. The van der Waals surface area contributed by atoms with Crippen molar-refractivity contribution in [1.82, 2.24) is 19.6 Å². The van der Waals surface area contributed by atoms with Gasteiger partial charge in [-0.3, -0.25) is 9.48 Å². The smallest absolute Gasteiger partial charge is 0.257 e. The van der Waals surface area contributed by atoms with Crippen LogP contribution in [0.3, 0.4) is 0 Å². The van der Waals surface area contributed by atoms with Crippen molar-refractivity contribution in [1.29, 1.82) is 0 Å². The molecule has 2 heterocycles. The number of piperazine rings is 1. The SMILES string of the molecule is Cc1ccc(-c2nn(Cc3ccccc3)cc2C(=O)N2CCN(C)CC2)cc1. The number of amides is 1. The molecular formula is C23H26N4O. The van der Waals surface area contributed by atoms with Crippen molar-refractivity contribution in [2.24, 2.45) is 0 Å². The monoisotopic (exact) mass is 374 g/mol. The minimum absolute atomic E-state index is 0.0722. The van der Waals surface area contributed by atoms with Crippen LogP contribution in [-0.2, 0) is 6.54 Å². The second-order valence-corrected chi connectivity index (χ2v) is 7.54. The van der Waals surface area contributed by atoms with Gasteiger partial charge in [-0.15, -0.1) is 0 Å². The average Bonchev–Trinajstić information content (AvgIpc) is 3.13. The van der Waals surface area contributed by atoms with Gasteiger partial charge in [0.2, 0.25) is 0 Å². The van der Waals surface area contributed by atoms with Gasteiger partial charge in [0, 0.05) is 37.9 Å². The van der Waals surface area contributed by atoms with Crippen molar-refractivity contribution < 1.29 is 4.79 Å². The fourth-order valence-electron chi connectivity index (χ4n) is 3.53. The van der Waals surface area contributed by atoms with Crippen molar-refractivity contribution >= 4 is 5.91 Å². The molecule has 0 N–H and O–H groups in total. The summed E-state index contributed by atoms with van der Waals surface area (Å²) in [5.74, 6) is 0.0722. The maximum Gasteiger partial charge on any atom is 0.257 e. The Labute approximate surface area is 166 Å². The predicted octanol–water partition coefficient (Wildman–Crippen LogP) is 3.29. The Morgan fingerprint density at radius 3 is 2.32 bits per heavy atom. The Bertz CT molecular complexity index is 938. The van der Waals surface area contributed by atoms with Crippen molar-refractivity contribution in [3.63, 3.8) is 0 Å². The fourth-order valence-corrected chi connectivity index (χ4v) is 3.53. The van der Waals surface area contributed by atoms with E-state index < -0.39 is 0 Å². The van der Waals surface area contributed by atoms with Gasteiger partial charge in [0.25, 0.3) is 5.91 Å². The lowest BCUT2D eigenvalue weighted by Crippen LogP contribution is -2.47. The quantitative estimate of drug-likeness (QED) is 0.704. The third-order valence-electron chi connectivity index (χ3n) is 5.29. The molecule has 1 aliphatic rings. The largest absolute Gasteiger partial charge is 0.336 e. The zero-order chi connectivity index (χ0) is 19.5. The lowest BCUT2D eigenvalue weighted by molar-refractivity contribution is 0.0665. The highest BCUT2D eigenvalue weighted by Gasteiger charge is 2.25. The molecule has 3 aromatic rings. The third kappa shape index (κ3) is 3.99. The molecule has 5 nitrogen and oxygen atoms in total. The summed E-state index contributed by atoms with van der Waals surface area (Å²) < 4.78 is 1.88. The van der Waals surface area contributed by atoms with Crippen LogP contribution in [-0.4, -0.2) is 58.7 Å². The van der Waals surface area contributed by atoms with Gasteiger partial charge < -0.3 is 9.80 Å². The summed E-state index contributed by atoms with van der Waals surface area (Å²) in [4.78, 5) is 17.5. The maximum atomic E-state index is 13.3. The van der Waals surface area contributed by atoms with Crippen molar-refractivity contribution in [3.8, 4) is 11.3 Å². The lowest BCUT2D eigenvalue weighted by atomic mass is 10.1. The number of carbonyl (C=O) groups excluding carboxylic acids is 1. The van der Waals surface area contributed by atoms with Crippen LogP contribution in [0.15, 0.2) is 60.8 Å². The van der Waals surface area contributed by atoms with Gasteiger partial charge in [-0.05, 0) is 19.5 Å². The number of nitrogens with zero attached hydrogens (tertiary/aromatic N) is 4. The van der Waals surface area contributed by atoms with E-state index in [0.29, 0.717) is 12.1 Å². The molecular weight excluding hydrogens is 348 g/mol. The molecule has 0 saturated carbocycles. The Hall–Kier alpha value is -2.92. The minimum atomic E-state index is 0.0722. The molecule has 1 aromatic heterocycles. The zero-order valence-electron chi connectivity index (χ0n) is 16.5. The first kappa shape index (κ1) is 18.4. The number of rotatable bonds is 4. The molecule has 1 aliphatic heterocycles. The highest BCUT2D eigenvalue weighted by Crippen LogP contribution is 2.25. The number of aromatic nitrogens is 2. The van der Waals surface area contributed by atoms with E-state index in [2.05, 4.69) is 43.1 Å². The number of likely N-dealkylation sites (N-methyl/N-ethyl adjacent to an activating group) is 1. The van der Waals surface area contributed by atoms with Crippen LogP contribution >= 0.6 is 0 Å². The lowest BCUT2D eigenvalue weighted by Gasteiger charge is -2.32. The van der Waals surface area contributed by atoms with Gasteiger partial charge in [-0.1, -0.05) is 60.2 Å². The number of benzene rings is 2. The highest BCUT2D eigenvalue weighted by atomic mass is 16.2. The Morgan fingerprint density at radius 1 is 0.964 bits per heavy atom. The molecule has 0 atom stereocenters. The average molecular weight is 374 g/mol. The van der Waals surface area contributed by atoms with Crippen LogP contribution < -0.4 is 0 Å². The molecule has 0 unspecified atom stereocenters. The van der Waals surface area contributed by atoms with Gasteiger partial charge >= 0.3 is 0 Å². The van der Waals surface area contributed by atoms with E-state index in [-0.39, 0.29) is 5.91 Å². The molecule has 2 aromatic carbocycles. The zero-order valence-corrected chi connectivity index (χ0v) is 16.5. The van der Waals surface area contributed by atoms with Gasteiger partial charge in [0.1, 0.15) is 5.69 Å². The molecule has 1 saturated heterocycles. The highest BCUT2D eigenvalue weighted by molar-refractivity contribution is 5.99. The van der Waals surface area contributed by atoms with Crippen molar-refractivity contribution in [3.05, 3.63) is 77.5 Å². The first-order valence-electron chi connectivity index (χ1n) is 9.76. The Morgan fingerprint density at radius 2 is 1.64 bits per heavy atom. The summed E-state index contributed by atoms with van der Waals surface area (Å²) in [5, 5.41) is 4.80. The van der Waals surface area contributed by atoms with E-state index in [9.17, 15) is 4.79 Å². The van der Waals surface area contributed by atoms with Crippen LogP contribution in [0.2, 0.25) is 0 Å². The van der Waals surface area contributed by atoms with Crippen LogP contribution in [0, 0.1) is 6.92 Å². The molecule has 1 amide bonds. The molecule has 4 rings (SSSR count). The summed E-state index contributed by atoms with van der Waals surface area (Å²) >= 11 is 0. The van der Waals surface area contributed by atoms with Crippen molar-refractivity contribution in [2.75, 3.05) is 33.2 Å². The topological polar surface area (TPSA) is 41.4 Å². The van der Waals surface area contributed by atoms with Gasteiger partial charge in [-0.25, -0.2) is 0 Å². The molecule has 0 spiro atoms. The Balaban J connectivity index is 1.68. The second-order valence-electron chi connectivity index (χ2n) is 7.54. The van der Waals surface area contributed by atoms with Gasteiger partial charge in [0.15, 0.2) is 0 Å². The number of hydrogen-bond acceptors (Lipinski definition) is 3. The number of hydrogen-bond donors (Lipinski definition) is 0. The summed E-state index contributed by atoms with van der Waals surface area (Å²) in [6.45, 7) is 6.04. The molecule has 5 heteroatoms. The summed E-state index contributed by atoms with van der Waals surface area (Å²) in [5.41, 5.74) is 4.79. The van der Waals surface area contributed by atoms with E-state index >= 15 is 0 Å². The van der Waals surface area contributed by atoms with Crippen LogP contribution in [0.4, 0.5) is 0 Å². The summed E-state index contributed by atoms with van der Waals surface area (Å²) in [6, 6.07) is 18.4. The van der Waals surface area contributed by atoms with Crippen LogP contribution in [0.5, 0.6) is 0 Å². The Kier molecular flexibility index (Phi) is 5.26. The van der Waals surface area contributed by atoms with E-state index in [1.165, 1.54) is 11.1 Å². The third-order valence-corrected chi connectivity index (χ3v) is 5.29. The second kappa shape index (κ2) is 7.98. The van der Waals surface area contributed by atoms with E-state index in [1.54, 1.807) is 0 Å². The first-order valence-corrected chi connectivity index (χ1v) is 9.76. The minimum Gasteiger partial charge on any atom is -0.336 e. The first-order chi connectivity index (χ1) is 13.6. The van der Waals surface area contributed by atoms with Gasteiger partial charge in [-0.2, -0.15) is 5.10 Å². The maximum absolute atomic E-state index is 13.3. The molecule has 0 radical (unpaired) electrons. The number of aryl methyl sites for hydroxylation is 1. The number of carbonyl (C=O) groups is 1. The molecule has 0 bridgehead atoms. The van der Waals surface area contributed by atoms with Crippen LogP contribution in [0.25, 0.3) is 11.3 Å². The molecule has 0 aliphatic carbocycles. The molecule has 144 valence electrons. The summed E-state index contributed by atoms with van der Waals surface area (Å²) in [7, 11) is 2.09. The summed E-state index contributed by atoms with van der Waals surface area (Å²) in [6.07, 6.45) is 1.91. The van der Waals surface area contributed by atoms with Gasteiger partial charge in [0.05, 0.1) is 12.1 Å². The predicted molar refractivity (Wildman–Crippen MR) is 111 cm³/mol. The van der Waals surface area contributed by atoms with E-state index in [0.717, 1.165) is 37.4 Å². The van der Waals surface area contributed by atoms with Crippen molar-refractivity contribution in [2.45, 2.75) is 13.5 Å². The van der Waals surface area contributed by atoms with Crippen LogP contribution in [0.1, 0.15) is 21.5 Å². The molecule has 28 heavy (non-hydrogen) atoms. The van der Waals surface area contributed by atoms with E-state index in [1.807, 2.05) is 46.1 Å². The standard InChI is InChI=1S/C23H26N4O/c1-18-8-10-20(11-9-18)22-21(23(28)26-14-12-25(2)13-15-26)17-27(24-22)16-19-6-4-3-5-7-19/h3-11,17H,12-16H2,1-2H3. The fraction of sp³-hybridized carbons (Fsp3) is 0.304.